The Bertz CT molecular complexity index is 2220. The summed E-state index contributed by atoms with van der Waals surface area (Å²) in [5.41, 5.74) is 13.5. The summed E-state index contributed by atoms with van der Waals surface area (Å²) in [6, 6.07) is 31.7. The third-order valence-corrected chi connectivity index (χ3v) is 12.3. The van der Waals surface area contributed by atoms with E-state index in [1.54, 1.807) is 0 Å². The first-order chi connectivity index (χ1) is 26.3. The van der Waals surface area contributed by atoms with Crippen molar-refractivity contribution in [1.29, 1.82) is 0 Å². The van der Waals surface area contributed by atoms with Gasteiger partial charge < -0.3 is 5.32 Å². The van der Waals surface area contributed by atoms with Gasteiger partial charge in [0.25, 0.3) is 0 Å². The molecule has 2 fully saturated rings. The van der Waals surface area contributed by atoms with Gasteiger partial charge in [0, 0.05) is 42.3 Å². The van der Waals surface area contributed by atoms with Crippen molar-refractivity contribution in [2.45, 2.75) is 155 Å². The molecular weight excluding hydrogens is 859 g/mol. The molecule has 3 aliphatic rings. The van der Waals surface area contributed by atoms with Crippen LogP contribution in [0.15, 0.2) is 89.6 Å². The molecule has 297 valence electrons. The zero-order valence-electron chi connectivity index (χ0n) is 35.5. The Kier molecular flexibility index (Phi) is 13.1. The number of hydrogen-bond donors (Lipinski definition) is 0. The van der Waals surface area contributed by atoms with Crippen LogP contribution in [0, 0.1) is 6.07 Å². The minimum atomic E-state index is -0.110. The summed E-state index contributed by atoms with van der Waals surface area (Å²) in [7, 11) is 0. The maximum Gasteiger partial charge on any atom is 0.0621 e. The standard InChI is InChI=1S/C35H34N.C17H29N2.Ir/c1-21(2)22-16-17-28-27(19-22)31-32(35(28,6)7)26-14-10-11-15-30(26)36-33(31)24-18-23-12-8-9-13-25(23)29(20-24)34(3,4)5;1-14(18-16-9-5-3-6-10-16)13-15(2)19-17-11-7-4-8-12-17;/h8-17,19-21H,1-7H3;13,16-17H,3-12H2,1-2H3;/q2*-1;/b;14-13-,19-15?;. The minimum absolute atomic E-state index is 0. The first-order valence-electron chi connectivity index (χ1n) is 21.3. The number of fused-ring (bicyclic) bond motifs is 6. The maximum absolute atomic E-state index is 5.35. The predicted octanol–water partition coefficient (Wildman–Crippen LogP) is 15.0. The Balaban J connectivity index is 0.000000226. The second kappa shape index (κ2) is 17.5. The summed E-state index contributed by atoms with van der Waals surface area (Å²) in [4.78, 5) is 10.2. The largest absolute Gasteiger partial charge is 0.685 e. The number of pyridine rings is 1. The van der Waals surface area contributed by atoms with Gasteiger partial charge in [-0.05, 0) is 65.0 Å². The Labute approximate surface area is 351 Å². The van der Waals surface area contributed by atoms with E-state index in [0.29, 0.717) is 18.0 Å². The molecule has 1 heterocycles. The van der Waals surface area contributed by atoms with E-state index in [9.17, 15) is 0 Å². The first kappa shape index (κ1) is 42.0. The van der Waals surface area contributed by atoms with Gasteiger partial charge in [-0.25, -0.2) is 0 Å². The van der Waals surface area contributed by atoms with Gasteiger partial charge in [-0.15, -0.1) is 35.2 Å². The number of rotatable bonds is 6. The molecule has 1 radical (unpaired) electrons. The van der Waals surface area contributed by atoms with E-state index in [2.05, 4.69) is 147 Å². The van der Waals surface area contributed by atoms with Gasteiger partial charge in [-0.1, -0.05) is 178 Å². The molecule has 3 nitrogen and oxygen atoms in total. The molecule has 1 aromatic heterocycles. The van der Waals surface area contributed by atoms with Crippen molar-refractivity contribution >= 4 is 27.4 Å². The van der Waals surface area contributed by atoms with Crippen LogP contribution in [-0.4, -0.2) is 22.8 Å². The zero-order chi connectivity index (χ0) is 38.9. The number of aromatic nitrogens is 1. The average molecular weight is 922 g/mol. The molecule has 0 amide bonds. The summed E-state index contributed by atoms with van der Waals surface area (Å²) >= 11 is 0. The van der Waals surface area contributed by atoms with E-state index in [1.807, 2.05) is 0 Å². The van der Waals surface area contributed by atoms with Crippen molar-refractivity contribution in [3.8, 4) is 22.4 Å². The SMILES string of the molecule is CC(/C=C(/C)[N-]C1CCCCC1)=NC1CCCCC1.CC(C)c1ccc2c(c1)-c1c(-c3[c-]c4ccccc4c(C(C)(C)C)c3)nc3ccccc3c1C2(C)C.[Ir]. The number of aliphatic imine (C=N–C) groups is 1. The van der Waals surface area contributed by atoms with Gasteiger partial charge in [0.2, 0.25) is 0 Å². The molecule has 4 heteroatoms. The molecule has 0 bridgehead atoms. The third kappa shape index (κ3) is 8.93. The summed E-state index contributed by atoms with van der Waals surface area (Å²) in [6.45, 7) is 20.4. The predicted molar refractivity (Wildman–Crippen MR) is 238 cm³/mol. The maximum atomic E-state index is 5.35. The second-order valence-corrected chi connectivity index (χ2v) is 18.5. The average Bonchev–Trinajstić information content (AvgIpc) is 3.40. The Hall–Kier alpha value is -3.59. The number of para-hydroxylation sites is 1. The van der Waals surface area contributed by atoms with Crippen molar-refractivity contribution in [2.75, 3.05) is 0 Å². The second-order valence-electron chi connectivity index (χ2n) is 18.5. The number of allylic oxidation sites excluding steroid dienone is 2. The van der Waals surface area contributed by atoms with Crippen LogP contribution in [0.25, 0.3) is 49.4 Å². The van der Waals surface area contributed by atoms with E-state index in [4.69, 9.17) is 15.3 Å². The molecule has 0 saturated heterocycles. The Morgan fingerprint density at radius 2 is 1.48 bits per heavy atom. The third-order valence-electron chi connectivity index (χ3n) is 12.3. The van der Waals surface area contributed by atoms with Crippen molar-refractivity contribution in [3.05, 3.63) is 118 Å². The van der Waals surface area contributed by atoms with Crippen LogP contribution in [-0.2, 0) is 30.9 Å². The minimum Gasteiger partial charge on any atom is -0.685 e. The van der Waals surface area contributed by atoms with Crippen molar-refractivity contribution in [2.24, 2.45) is 4.99 Å². The molecule has 2 saturated carbocycles. The topological polar surface area (TPSA) is 39.4 Å². The van der Waals surface area contributed by atoms with Crippen LogP contribution in [0.1, 0.15) is 155 Å². The van der Waals surface area contributed by atoms with E-state index < -0.39 is 0 Å². The Morgan fingerprint density at radius 3 is 2.16 bits per heavy atom. The Morgan fingerprint density at radius 1 is 0.839 bits per heavy atom. The quantitative estimate of drug-likeness (QED) is 0.124. The normalized spacial score (nSPS) is 17.6. The summed E-state index contributed by atoms with van der Waals surface area (Å²) in [6.07, 6.45) is 15.5. The molecule has 0 atom stereocenters. The van der Waals surface area contributed by atoms with Crippen LogP contribution in [0.4, 0.5) is 0 Å². The van der Waals surface area contributed by atoms with Gasteiger partial charge in [-0.3, -0.25) is 9.98 Å². The molecule has 0 N–H and O–H groups in total. The molecule has 4 aromatic carbocycles. The van der Waals surface area contributed by atoms with Gasteiger partial charge >= 0.3 is 0 Å². The number of hydrogen-bond acceptors (Lipinski definition) is 2. The molecule has 0 aliphatic heterocycles. The van der Waals surface area contributed by atoms with Crippen LogP contribution < -0.4 is 0 Å². The van der Waals surface area contributed by atoms with E-state index >= 15 is 0 Å². The van der Waals surface area contributed by atoms with Gasteiger partial charge in [0.1, 0.15) is 0 Å². The van der Waals surface area contributed by atoms with Crippen molar-refractivity contribution in [1.82, 2.24) is 4.98 Å². The molecular formula is C52H63IrN3-2. The van der Waals surface area contributed by atoms with E-state index in [1.165, 1.54) is 120 Å². The number of benzene rings is 4. The molecule has 5 aromatic rings. The smallest absolute Gasteiger partial charge is 0.0621 e. The summed E-state index contributed by atoms with van der Waals surface area (Å²) < 4.78 is 0. The van der Waals surface area contributed by atoms with Crippen molar-refractivity contribution < 1.29 is 20.1 Å². The van der Waals surface area contributed by atoms with Crippen LogP contribution in [0.3, 0.4) is 0 Å². The molecule has 8 rings (SSSR count). The fourth-order valence-corrected chi connectivity index (χ4v) is 9.48. The van der Waals surface area contributed by atoms with E-state index in [0.717, 1.165) is 22.2 Å². The molecule has 0 unspecified atom stereocenters. The first-order valence-corrected chi connectivity index (χ1v) is 21.3. The summed E-state index contributed by atoms with van der Waals surface area (Å²) in [5.74, 6) is 0.471. The monoisotopic (exact) mass is 922 g/mol. The van der Waals surface area contributed by atoms with Gasteiger partial charge in [0.05, 0.1) is 11.6 Å². The van der Waals surface area contributed by atoms with Gasteiger partial charge in [0.15, 0.2) is 0 Å². The molecule has 3 aliphatic carbocycles. The molecule has 0 spiro atoms. The van der Waals surface area contributed by atoms with Crippen molar-refractivity contribution in [3.63, 3.8) is 0 Å². The van der Waals surface area contributed by atoms with Crippen LogP contribution in [0.5, 0.6) is 0 Å². The summed E-state index contributed by atoms with van der Waals surface area (Å²) in [5, 5.41) is 8.52. The van der Waals surface area contributed by atoms with Crippen LogP contribution >= 0.6 is 0 Å². The zero-order valence-corrected chi connectivity index (χ0v) is 37.9. The van der Waals surface area contributed by atoms with Gasteiger partial charge in [-0.2, -0.15) is 5.70 Å². The van der Waals surface area contributed by atoms with E-state index in [-0.39, 0.29) is 30.9 Å². The number of nitrogens with zero attached hydrogens (tertiary/aromatic N) is 3. The fraction of sp³-hybridized carbons (Fsp3) is 0.462. The van der Waals surface area contributed by atoms with Crippen LogP contribution in [0.2, 0.25) is 0 Å². The molecule has 56 heavy (non-hydrogen) atoms. The fourth-order valence-electron chi connectivity index (χ4n) is 9.48.